The van der Waals surface area contributed by atoms with Gasteiger partial charge in [-0.2, -0.15) is 5.26 Å². The topological polar surface area (TPSA) is 90.2 Å². The minimum Gasteiger partial charge on any atom is -0.391 e. The zero-order chi connectivity index (χ0) is 14.8. The lowest BCUT2D eigenvalue weighted by atomic mass is 10.0. The van der Waals surface area contributed by atoms with E-state index in [1.165, 1.54) is 13.0 Å². The molecule has 0 aliphatic carbocycles. The first-order valence-electron chi connectivity index (χ1n) is 5.83. The van der Waals surface area contributed by atoms with E-state index < -0.39 is 21.7 Å². The lowest BCUT2D eigenvalue weighted by Gasteiger charge is -2.29. The fourth-order valence-electron chi connectivity index (χ4n) is 1.45. The maximum Gasteiger partial charge on any atom is 0.241 e. The number of aliphatic hydroxyl groups excluding tert-OH is 1. The molecule has 0 bridgehead atoms. The van der Waals surface area contributed by atoms with Crippen LogP contribution in [0.3, 0.4) is 0 Å². The van der Waals surface area contributed by atoms with Gasteiger partial charge in [-0.3, -0.25) is 0 Å². The van der Waals surface area contributed by atoms with E-state index in [1.54, 1.807) is 32.9 Å². The van der Waals surface area contributed by atoms with Crippen molar-refractivity contribution in [2.24, 2.45) is 0 Å². The summed E-state index contributed by atoms with van der Waals surface area (Å²) in [6.45, 7) is 6.36. The Bertz CT molecular complexity index is 613. The molecule has 1 atom stereocenters. The maximum atomic E-state index is 12.3. The highest BCUT2D eigenvalue weighted by atomic mass is 32.2. The number of aryl methyl sites for hydroxylation is 1. The van der Waals surface area contributed by atoms with Gasteiger partial charge in [-0.15, -0.1) is 0 Å². The van der Waals surface area contributed by atoms with Crippen LogP contribution < -0.4 is 4.72 Å². The van der Waals surface area contributed by atoms with E-state index in [2.05, 4.69) is 4.72 Å². The average Bonchev–Trinajstić information content (AvgIpc) is 2.27. The number of nitriles is 1. The number of aliphatic hydroxyl groups is 1. The quantitative estimate of drug-likeness (QED) is 0.871. The molecule has 0 heterocycles. The highest BCUT2D eigenvalue weighted by Crippen LogP contribution is 2.20. The van der Waals surface area contributed by atoms with Gasteiger partial charge in [0, 0.05) is 0 Å². The van der Waals surface area contributed by atoms with Crippen molar-refractivity contribution in [3.63, 3.8) is 0 Å². The van der Waals surface area contributed by atoms with E-state index in [0.717, 1.165) is 0 Å². The summed E-state index contributed by atoms with van der Waals surface area (Å²) < 4.78 is 27.1. The van der Waals surface area contributed by atoms with E-state index in [1.807, 2.05) is 6.07 Å². The second-order valence-electron chi connectivity index (χ2n) is 5.10. The van der Waals surface area contributed by atoms with Crippen LogP contribution >= 0.6 is 0 Å². The van der Waals surface area contributed by atoms with Crippen molar-refractivity contribution in [3.05, 3.63) is 29.3 Å². The summed E-state index contributed by atoms with van der Waals surface area (Å²) in [5, 5.41) is 18.4. The Morgan fingerprint density at radius 2 is 2.00 bits per heavy atom. The molecule has 1 rings (SSSR count). The Labute approximate surface area is 113 Å². The monoisotopic (exact) mass is 282 g/mol. The Balaban J connectivity index is 3.26. The summed E-state index contributed by atoms with van der Waals surface area (Å²) in [6.07, 6.45) is -0.846. The number of sulfonamides is 1. The molecule has 0 amide bonds. The van der Waals surface area contributed by atoms with Crippen molar-refractivity contribution < 1.29 is 13.5 Å². The number of nitrogens with zero attached hydrogens (tertiary/aromatic N) is 1. The summed E-state index contributed by atoms with van der Waals surface area (Å²) in [5.74, 6) is 0. The van der Waals surface area contributed by atoms with Crippen LogP contribution in [-0.4, -0.2) is 25.2 Å². The molecule has 1 aromatic carbocycles. The van der Waals surface area contributed by atoms with E-state index in [4.69, 9.17) is 5.26 Å². The largest absolute Gasteiger partial charge is 0.391 e. The highest BCUT2D eigenvalue weighted by molar-refractivity contribution is 7.89. The average molecular weight is 282 g/mol. The number of benzene rings is 1. The third kappa shape index (κ3) is 3.53. The molecule has 1 aromatic rings. The van der Waals surface area contributed by atoms with Crippen molar-refractivity contribution in [1.82, 2.24) is 4.72 Å². The molecule has 19 heavy (non-hydrogen) atoms. The smallest absolute Gasteiger partial charge is 0.241 e. The molecule has 5 nitrogen and oxygen atoms in total. The van der Waals surface area contributed by atoms with E-state index in [-0.39, 0.29) is 10.5 Å². The zero-order valence-electron chi connectivity index (χ0n) is 11.4. The van der Waals surface area contributed by atoms with Crippen LogP contribution in [0.2, 0.25) is 0 Å². The van der Waals surface area contributed by atoms with E-state index in [9.17, 15) is 13.5 Å². The highest BCUT2D eigenvalue weighted by Gasteiger charge is 2.31. The van der Waals surface area contributed by atoms with Crippen molar-refractivity contribution in [1.29, 1.82) is 5.26 Å². The first-order valence-corrected chi connectivity index (χ1v) is 7.31. The number of hydrogen-bond donors (Lipinski definition) is 2. The normalized spacial score (nSPS) is 13.9. The molecular weight excluding hydrogens is 264 g/mol. The van der Waals surface area contributed by atoms with Gasteiger partial charge in [0.2, 0.25) is 10.0 Å². The first-order chi connectivity index (χ1) is 8.60. The molecule has 0 radical (unpaired) electrons. The molecule has 0 aliphatic heterocycles. The summed E-state index contributed by atoms with van der Waals surface area (Å²) in [7, 11) is -3.79. The van der Waals surface area contributed by atoms with Crippen molar-refractivity contribution in [2.75, 3.05) is 0 Å². The fraction of sp³-hybridized carbons (Fsp3) is 0.462. The molecule has 104 valence electrons. The van der Waals surface area contributed by atoms with Crippen LogP contribution in [0, 0.1) is 18.3 Å². The SMILES string of the molecule is Cc1ccc(C#N)cc1S(=O)(=O)NC(C)(C)C(C)O. The van der Waals surface area contributed by atoms with Crippen LogP contribution in [0.15, 0.2) is 23.1 Å². The standard InChI is InChI=1S/C13H18N2O3S/c1-9-5-6-11(8-14)7-12(9)19(17,18)15-13(3,4)10(2)16/h5-7,10,15-16H,1-4H3. The third-order valence-corrected chi connectivity index (χ3v) is 4.86. The van der Waals surface area contributed by atoms with Crippen molar-refractivity contribution in [2.45, 2.75) is 44.2 Å². The second-order valence-corrected chi connectivity index (χ2v) is 6.75. The minimum atomic E-state index is -3.79. The van der Waals surface area contributed by atoms with Gasteiger partial charge in [0.15, 0.2) is 0 Å². The van der Waals surface area contributed by atoms with Gasteiger partial charge in [-0.1, -0.05) is 6.07 Å². The predicted molar refractivity (Wildman–Crippen MR) is 72.0 cm³/mol. The van der Waals surface area contributed by atoms with E-state index in [0.29, 0.717) is 5.56 Å². The molecule has 0 saturated heterocycles. The van der Waals surface area contributed by atoms with Gasteiger partial charge in [0.05, 0.1) is 28.2 Å². The lowest BCUT2D eigenvalue weighted by molar-refractivity contribution is 0.111. The van der Waals surface area contributed by atoms with Crippen LogP contribution in [0.4, 0.5) is 0 Å². The molecule has 0 spiro atoms. The van der Waals surface area contributed by atoms with Gasteiger partial charge in [-0.05, 0) is 45.4 Å². The van der Waals surface area contributed by atoms with Crippen LogP contribution in [0.25, 0.3) is 0 Å². The van der Waals surface area contributed by atoms with Gasteiger partial charge in [0.1, 0.15) is 0 Å². The molecular formula is C13H18N2O3S. The Morgan fingerprint density at radius 1 is 1.42 bits per heavy atom. The molecule has 6 heteroatoms. The van der Waals surface area contributed by atoms with Crippen LogP contribution in [0.1, 0.15) is 31.9 Å². The lowest BCUT2D eigenvalue weighted by Crippen LogP contribution is -2.50. The molecule has 0 saturated carbocycles. The summed E-state index contributed by atoms with van der Waals surface area (Å²) in [6, 6.07) is 6.39. The third-order valence-electron chi connectivity index (χ3n) is 3.05. The van der Waals surface area contributed by atoms with Gasteiger partial charge >= 0.3 is 0 Å². The molecule has 2 N–H and O–H groups in total. The molecule has 0 aromatic heterocycles. The summed E-state index contributed by atoms with van der Waals surface area (Å²) >= 11 is 0. The fourth-order valence-corrected chi connectivity index (χ4v) is 3.19. The van der Waals surface area contributed by atoms with E-state index >= 15 is 0 Å². The molecule has 0 fully saturated rings. The summed E-state index contributed by atoms with van der Waals surface area (Å²) in [4.78, 5) is 0.0558. The minimum absolute atomic E-state index is 0.0558. The van der Waals surface area contributed by atoms with Gasteiger partial charge < -0.3 is 5.11 Å². The number of nitrogens with one attached hydrogen (secondary N) is 1. The van der Waals surface area contributed by atoms with Crippen LogP contribution in [-0.2, 0) is 10.0 Å². The Morgan fingerprint density at radius 3 is 2.47 bits per heavy atom. The number of rotatable bonds is 4. The van der Waals surface area contributed by atoms with Gasteiger partial charge in [0.25, 0.3) is 0 Å². The number of hydrogen-bond acceptors (Lipinski definition) is 4. The Hall–Kier alpha value is -1.42. The van der Waals surface area contributed by atoms with Crippen LogP contribution in [0.5, 0.6) is 0 Å². The maximum absolute atomic E-state index is 12.3. The summed E-state index contributed by atoms with van der Waals surface area (Å²) in [5.41, 5.74) is -0.165. The van der Waals surface area contributed by atoms with Crippen molar-refractivity contribution >= 4 is 10.0 Å². The molecule has 0 aliphatic rings. The van der Waals surface area contributed by atoms with Crippen molar-refractivity contribution in [3.8, 4) is 6.07 Å². The zero-order valence-corrected chi connectivity index (χ0v) is 12.2. The molecule has 1 unspecified atom stereocenters. The predicted octanol–water partition coefficient (Wildman–Crippen LogP) is 1.30. The first kappa shape index (κ1) is 15.6. The van der Waals surface area contributed by atoms with Gasteiger partial charge in [-0.25, -0.2) is 13.1 Å². The Kier molecular flexibility index (Phi) is 4.35. The second kappa shape index (κ2) is 5.29.